The van der Waals surface area contributed by atoms with Crippen LogP contribution in [0.1, 0.15) is 40.7 Å². The largest absolute Gasteiger partial charge is 0.467 e. The van der Waals surface area contributed by atoms with E-state index in [-0.39, 0.29) is 11.9 Å². The van der Waals surface area contributed by atoms with E-state index in [4.69, 9.17) is 4.42 Å². The lowest BCUT2D eigenvalue weighted by atomic mass is 10.1. The van der Waals surface area contributed by atoms with E-state index in [9.17, 15) is 4.79 Å². The van der Waals surface area contributed by atoms with E-state index in [2.05, 4.69) is 9.97 Å². The Balaban J connectivity index is 1.87. The van der Waals surface area contributed by atoms with Crippen molar-refractivity contribution >= 4 is 11.9 Å². The van der Waals surface area contributed by atoms with Gasteiger partial charge in [0.25, 0.3) is 5.91 Å². The van der Waals surface area contributed by atoms with Crippen LogP contribution in [0.4, 0.5) is 5.95 Å². The normalized spacial score (nSPS) is 17.8. The molecule has 1 aliphatic heterocycles. The highest BCUT2D eigenvalue weighted by molar-refractivity contribution is 5.95. The first-order valence-corrected chi connectivity index (χ1v) is 7.43. The molecule has 22 heavy (non-hydrogen) atoms. The van der Waals surface area contributed by atoms with Gasteiger partial charge >= 0.3 is 0 Å². The maximum atomic E-state index is 12.8. The van der Waals surface area contributed by atoms with E-state index < -0.39 is 0 Å². The van der Waals surface area contributed by atoms with Crippen LogP contribution in [0, 0.1) is 6.92 Å². The van der Waals surface area contributed by atoms with Crippen molar-refractivity contribution in [2.75, 3.05) is 25.5 Å². The first-order valence-electron chi connectivity index (χ1n) is 7.43. The number of anilines is 1. The van der Waals surface area contributed by atoms with E-state index in [0.29, 0.717) is 17.2 Å². The van der Waals surface area contributed by atoms with Gasteiger partial charge in [-0.05, 0) is 31.9 Å². The molecule has 2 aromatic rings. The second-order valence-corrected chi connectivity index (χ2v) is 5.74. The minimum Gasteiger partial charge on any atom is -0.467 e. The first kappa shape index (κ1) is 14.6. The van der Waals surface area contributed by atoms with Crippen molar-refractivity contribution in [3.63, 3.8) is 0 Å². The highest BCUT2D eigenvalue weighted by Crippen LogP contribution is 2.33. The fraction of sp³-hybridized carbons (Fsp3) is 0.438. The summed E-state index contributed by atoms with van der Waals surface area (Å²) in [6.45, 7) is 2.58. The van der Waals surface area contributed by atoms with Gasteiger partial charge in [0, 0.05) is 26.8 Å². The van der Waals surface area contributed by atoms with Crippen LogP contribution < -0.4 is 4.90 Å². The zero-order valence-electron chi connectivity index (χ0n) is 13.1. The van der Waals surface area contributed by atoms with Crippen LogP contribution in [-0.4, -0.2) is 41.4 Å². The Morgan fingerprint density at radius 2 is 2.27 bits per heavy atom. The minimum absolute atomic E-state index is 0.00965. The molecule has 0 bridgehead atoms. The number of furan rings is 1. The summed E-state index contributed by atoms with van der Waals surface area (Å²) in [5, 5.41) is 0. The van der Waals surface area contributed by atoms with Gasteiger partial charge in [-0.2, -0.15) is 0 Å². The summed E-state index contributed by atoms with van der Waals surface area (Å²) >= 11 is 0. The molecule has 2 aromatic heterocycles. The number of carbonyl (C=O) groups is 1. The van der Waals surface area contributed by atoms with Crippen LogP contribution >= 0.6 is 0 Å². The molecule has 1 atom stereocenters. The fourth-order valence-corrected chi connectivity index (χ4v) is 2.82. The molecular weight excluding hydrogens is 280 g/mol. The maximum absolute atomic E-state index is 12.8. The summed E-state index contributed by atoms with van der Waals surface area (Å²) < 4.78 is 5.48. The number of hydrogen-bond donors (Lipinski definition) is 0. The SMILES string of the molecule is Cc1nc(N(C)C)ncc1C(=O)N1CCCC1c1ccco1. The van der Waals surface area contributed by atoms with Crippen molar-refractivity contribution in [1.82, 2.24) is 14.9 Å². The summed E-state index contributed by atoms with van der Waals surface area (Å²) in [6.07, 6.45) is 5.18. The Bertz CT molecular complexity index is 667. The monoisotopic (exact) mass is 300 g/mol. The van der Waals surface area contributed by atoms with E-state index >= 15 is 0 Å². The van der Waals surface area contributed by atoms with Gasteiger partial charge < -0.3 is 14.2 Å². The zero-order chi connectivity index (χ0) is 15.7. The summed E-state index contributed by atoms with van der Waals surface area (Å²) in [7, 11) is 3.76. The van der Waals surface area contributed by atoms with Gasteiger partial charge in [-0.25, -0.2) is 9.97 Å². The third-order valence-electron chi connectivity index (χ3n) is 3.98. The standard InChI is InChI=1S/C16H20N4O2/c1-11-12(10-17-16(18-11)19(2)3)15(21)20-8-4-6-13(20)14-7-5-9-22-14/h5,7,9-10,13H,4,6,8H2,1-3H3. The molecule has 1 amide bonds. The highest BCUT2D eigenvalue weighted by Gasteiger charge is 2.33. The Hall–Kier alpha value is -2.37. The quantitative estimate of drug-likeness (QED) is 0.871. The molecule has 1 aliphatic rings. The van der Waals surface area contributed by atoms with Crippen LogP contribution in [0.5, 0.6) is 0 Å². The Kier molecular flexibility index (Phi) is 3.83. The predicted octanol–water partition coefficient (Wildman–Crippen LogP) is 2.42. The number of aromatic nitrogens is 2. The van der Waals surface area contributed by atoms with Gasteiger partial charge in [0.05, 0.1) is 23.6 Å². The van der Waals surface area contributed by atoms with Gasteiger partial charge in [0.15, 0.2) is 0 Å². The molecule has 116 valence electrons. The number of likely N-dealkylation sites (tertiary alicyclic amines) is 1. The molecule has 6 nitrogen and oxygen atoms in total. The van der Waals surface area contributed by atoms with E-state index in [1.54, 1.807) is 12.5 Å². The van der Waals surface area contributed by atoms with Crippen molar-refractivity contribution in [1.29, 1.82) is 0 Å². The predicted molar refractivity (Wildman–Crippen MR) is 82.8 cm³/mol. The Morgan fingerprint density at radius 1 is 1.45 bits per heavy atom. The van der Waals surface area contributed by atoms with Gasteiger partial charge in [-0.3, -0.25) is 4.79 Å². The van der Waals surface area contributed by atoms with Crippen LogP contribution in [0.2, 0.25) is 0 Å². The Labute approximate surface area is 129 Å². The van der Waals surface area contributed by atoms with Gasteiger partial charge in [0.1, 0.15) is 5.76 Å². The van der Waals surface area contributed by atoms with Crippen molar-refractivity contribution < 1.29 is 9.21 Å². The lowest BCUT2D eigenvalue weighted by Gasteiger charge is -2.24. The van der Waals surface area contributed by atoms with Crippen LogP contribution in [-0.2, 0) is 0 Å². The van der Waals surface area contributed by atoms with Crippen molar-refractivity contribution in [2.24, 2.45) is 0 Å². The lowest BCUT2D eigenvalue weighted by Crippen LogP contribution is -2.31. The van der Waals surface area contributed by atoms with Crippen molar-refractivity contribution in [3.05, 3.63) is 41.6 Å². The van der Waals surface area contributed by atoms with Crippen molar-refractivity contribution in [2.45, 2.75) is 25.8 Å². The molecule has 3 heterocycles. The second-order valence-electron chi connectivity index (χ2n) is 5.74. The average molecular weight is 300 g/mol. The number of carbonyl (C=O) groups excluding carboxylic acids is 1. The van der Waals surface area contributed by atoms with E-state index in [1.165, 1.54) is 0 Å². The third kappa shape index (κ3) is 2.56. The van der Waals surface area contributed by atoms with Crippen LogP contribution in [0.3, 0.4) is 0 Å². The number of aryl methyl sites for hydroxylation is 1. The molecule has 6 heteroatoms. The topological polar surface area (TPSA) is 62.5 Å². The summed E-state index contributed by atoms with van der Waals surface area (Å²) in [6, 6.07) is 3.79. The molecule has 0 aromatic carbocycles. The molecule has 0 N–H and O–H groups in total. The van der Waals surface area contributed by atoms with Gasteiger partial charge in [0.2, 0.25) is 5.95 Å². The first-order chi connectivity index (χ1) is 10.6. The van der Waals surface area contributed by atoms with E-state index in [1.807, 2.05) is 43.0 Å². The molecular formula is C16H20N4O2. The third-order valence-corrected chi connectivity index (χ3v) is 3.98. The highest BCUT2D eigenvalue weighted by atomic mass is 16.3. The lowest BCUT2D eigenvalue weighted by molar-refractivity contribution is 0.0718. The zero-order valence-corrected chi connectivity index (χ0v) is 13.1. The smallest absolute Gasteiger partial charge is 0.257 e. The van der Waals surface area contributed by atoms with Crippen LogP contribution in [0.25, 0.3) is 0 Å². The number of nitrogens with zero attached hydrogens (tertiary/aromatic N) is 4. The number of amides is 1. The fourth-order valence-electron chi connectivity index (χ4n) is 2.82. The number of hydrogen-bond acceptors (Lipinski definition) is 5. The molecule has 1 fully saturated rings. The molecule has 0 radical (unpaired) electrons. The molecule has 1 saturated heterocycles. The minimum atomic E-state index is -0.0262. The molecule has 0 aliphatic carbocycles. The molecule has 0 saturated carbocycles. The molecule has 0 spiro atoms. The molecule has 3 rings (SSSR count). The number of rotatable bonds is 3. The second kappa shape index (κ2) is 5.79. The Morgan fingerprint density at radius 3 is 2.91 bits per heavy atom. The average Bonchev–Trinajstić information content (AvgIpc) is 3.16. The van der Waals surface area contributed by atoms with E-state index in [0.717, 1.165) is 25.1 Å². The van der Waals surface area contributed by atoms with Gasteiger partial charge in [-0.15, -0.1) is 0 Å². The molecule has 1 unspecified atom stereocenters. The van der Waals surface area contributed by atoms with Crippen molar-refractivity contribution in [3.8, 4) is 0 Å². The summed E-state index contributed by atoms with van der Waals surface area (Å²) in [5.41, 5.74) is 1.26. The summed E-state index contributed by atoms with van der Waals surface area (Å²) in [4.78, 5) is 25.2. The maximum Gasteiger partial charge on any atom is 0.257 e. The van der Waals surface area contributed by atoms with Gasteiger partial charge in [-0.1, -0.05) is 0 Å². The van der Waals surface area contributed by atoms with Crippen LogP contribution in [0.15, 0.2) is 29.0 Å². The summed E-state index contributed by atoms with van der Waals surface area (Å²) in [5.74, 6) is 1.43.